The van der Waals surface area contributed by atoms with Crippen LogP contribution in [0.3, 0.4) is 0 Å². The van der Waals surface area contributed by atoms with Gasteiger partial charge in [0, 0.05) is 31.2 Å². The fourth-order valence-electron chi connectivity index (χ4n) is 3.62. The molecule has 134 valence electrons. The van der Waals surface area contributed by atoms with E-state index in [4.69, 9.17) is 0 Å². The Morgan fingerprint density at radius 1 is 1.21 bits per heavy atom. The summed E-state index contributed by atoms with van der Waals surface area (Å²) in [5.41, 5.74) is 1.85. The molecule has 0 bridgehead atoms. The summed E-state index contributed by atoms with van der Waals surface area (Å²) in [7, 11) is 0. The number of nitrogens with one attached hydrogen (secondary N) is 1. The number of fused-ring (bicyclic) bond motifs is 1. The van der Waals surface area contributed by atoms with Crippen molar-refractivity contribution in [1.82, 2.24) is 5.32 Å². The van der Waals surface area contributed by atoms with Crippen LogP contribution in [-0.4, -0.2) is 25.2 Å². The maximum Gasteiger partial charge on any atom is 0.391 e. The Labute approximate surface area is 146 Å². The van der Waals surface area contributed by atoms with Crippen LogP contribution in [0.4, 0.5) is 18.9 Å². The molecule has 3 rings (SSSR count). The van der Waals surface area contributed by atoms with Crippen molar-refractivity contribution in [2.24, 2.45) is 11.8 Å². The monoisotopic (exact) mass is 362 g/mol. The summed E-state index contributed by atoms with van der Waals surface area (Å²) in [6.07, 6.45) is -3.11. The Bertz CT molecular complexity index is 579. The van der Waals surface area contributed by atoms with Crippen LogP contribution in [0.1, 0.15) is 31.2 Å². The largest absolute Gasteiger partial charge is 0.391 e. The highest BCUT2D eigenvalue weighted by Crippen LogP contribution is 2.41. The van der Waals surface area contributed by atoms with Crippen LogP contribution in [-0.2, 0) is 11.3 Å². The van der Waals surface area contributed by atoms with Gasteiger partial charge in [-0.05, 0) is 30.9 Å². The van der Waals surface area contributed by atoms with E-state index in [-0.39, 0.29) is 31.2 Å². The number of carbonyl (C=O) groups is 1. The van der Waals surface area contributed by atoms with Crippen molar-refractivity contribution in [2.75, 3.05) is 18.0 Å². The van der Waals surface area contributed by atoms with Gasteiger partial charge in [-0.25, -0.2) is 0 Å². The molecule has 24 heavy (non-hydrogen) atoms. The molecule has 3 nitrogen and oxygen atoms in total. The van der Waals surface area contributed by atoms with Crippen molar-refractivity contribution in [1.29, 1.82) is 0 Å². The Morgan fingerprint density at radius 3 is 2.71 bits per heavy atom. The summed E-state index contributed by atoms with van der Waals surface area (Å²) >= 11 is 0. The average molecular weight is 363 g/mol. The second kappa shape index (κ2) is 7.74. The first-order chi connectivity index (χ1) is 11.0. The van der Waals surface area contributed by atoms with E-state index >= 15 is 0 Å². The molecule has 0 spiro atoms. The van der Waals surface area contributed by atoms with E-state index in [1.165, 1.54) is 0 Å². The summed E-state index contributed by atoms with van der Waals surface area (Å²) in [6, 6.07) is 7.61. The number of amides is 1. The van der Waals surface area contributed by atoms with Crippen molar-refractivity contribution >= 4 is 24.0 Å². The Balaban J connectivity index is 0.00000208. The van der Waals surface area contributed by atoms with Gasteiger partial charge in [0.15, 0.2) is 0 Å². The molecule has 1 aromatic carbocycles. The summed E-state index contributed by atoms with van der Waals surface area (Å²) in [5, 5.41) is 3.25. The van der Waals surface area contributed by atoms with Crippen molar-refractivity contribution in [3.8, 4) is 0 Å². The lowest BCUT2D eigenvalue weighted by Gasteiger charge is -2.33. The molecule has 0 saturated heterocycles. The number of hydrogen-bond donors (Lipinski definition) is 1. The molecule has 1 N–H and O–H groups in total. The van der Waals surface area contributed by atoms with Crippen LogP contribution < -0.4 is 10.2 Å². The molecule has 1 amide bonds. The van der Waals surface area contributed by atoms with E-state index in [1.54, 1.807) is 4.90 Å². The van der Waals surface area contributed by atoms with E-state index in [1.807, 2.05) is 24.3 Å². The number of hydrogen-bond acceptors (Lipinski definition) is 2. The van der Waals surface area contributed by atoms with Crippen molar-refractivity contribution in [3.63, 3.8) is 0 Å². The number of nitrogens with zero attached hydrogens (tertiary/aromatic N) is 1. The van der Waals surface area contributed by atoms with E-state index in [9.17, 15) is 18.0 Å². The third kappa shape index (κ3) is 4.03. The zero-order chi connectivity index (χ0) is 16.4. The van der Waals surface area contributed by atoms with Crippen LogP contribution in [0.2, 0.25) is 0 Å². The molecule has 1 aliphatic heterocycles. The highest BCUT2D eigenvalue weighted by Gasteiger charge is 2.44. The lowest BCUT2D eigenvalue weighted by molar-refractivity contribution is -0.186. The zero-order valence-corrected chi connectivity index (χ0v) is 14.1. The van der Waals surface area contributed by atoms with E-state index in [0.717, 1.165) is 11.3 Å². The Hall–Kier alpha value is -1.27. The summed E-state index contributed by atoms with van der Waals surface area (Å²) in [6.45, 7) is 1.83. The molecule has 7 heteroatoms. The molecule has 1 heterocycles. The molecule has 1 aromatic rings. The molecule has 0 aromatic heterocycles. The standard InChI is InChI=1S/C17H21F3N2O.ClH/c18-17(19,20)14-6-3-5-12(10-14)16(23)22-9-8-21-11-13-4-1-2-7-15(13)22;/h1-2,4,7,12,14,21H,3,5-6,8-11H2;1H. The molecule has 0 radical (unpaired) electrons. The van der Waals surface area contributed by atoms with Gasteiger partial charge in [-0.15, -0.1) is 12.4 Å². The van der Waals surface area contributed by atoms with Crippen LogP contribution in [0.15, 0.2) is 24.3 Å². The fraction of sp³-hybridized carbons (Fsp3) is 0.588. The molecule has 2 unspecified atom stereocenters. The van der Waals surface area contributed by atoms with Gasteiger partial charge in [-0.1, -0.05) is 24.6 Å². The molecule has 2 aliphatic rings. The van der Waals surface area contributed by atoms with Crippen LogP contribution in [0.25, 0.3) is 0 Å². The van der Waals surface area contributed by atoms with Crippen molar-refractivity contribution < 1.29 is 18.0 Å². The van der Waals surface area contributed by atoms with Crippen molar-refractivity contribution in [3.05, 3.63) is 29.8 Å². The van der Waals surface area contributed by atoms with Crippen LogP contribution in [0.5, 0.6) is 0 Å². The summed E-state index contributed by atoms with van der Waals surface area (Å²) < 4.78 is 39.0. The summed E-state index contributed by atoms with van der Waals surface area (Å²) in [4.78, 5) is 14.6. The van der Waals surface area contributed by atoms with E-state index < -0.39 is 18.0 Å². The quantitative estimate of drug-likeness (QED) is 0.821. The molecule has 2 atom stereocenters. The third-order valence-electron chi connectivity index (χ3n) is 4.86. The minimum Gasteiger partial charge on any atom is -0.311 e. The number of para-hydroxylation sites is 1. The van der Waals surface area contributed by atoms with Crippen molar-refractivity contribution in [2.45, 2.75) is 38.4 Å². The number of carbonyl (C=O) groups excluding carboxylic acids is 1. The van der Waals surface area contributed by atoms with Crippen LogP contribution >= 0.6 is 12.4 Å². The number of alkyl halides is 3. The maximum absolute atomic E-state index is 13.0. The molecule has 1 saturated carbocycles. The first-order valence-corrected chi connectivity index (χ1v) is 8.13. The number of benzene rings is 1. The zero-order valence-electron chi connectivity index (χ0n) is 13.3. The Kier molecular flexibility index (Phi) is 6.15. The summed E-state index contributed by atoms with van der Waals surface area (Å²) in [5.74, 6) is -2.03. The molecular weight excluding hydrogens is 341 g/mol. The lowest BCUT2D eigenvalue weighted by atomic mass is 9.80. The van der Waals surface area contributed by atoms with Gasteiger partial charge in [-0.3, -0.25) is 4.79 Å². The van der Waals surface area contributed by atoms with Gasteiger partial charge in [0.05, 0.1) is 5.92 Å². The smallest absolute Gasteiger partial charge is 0.311 e. The van der Waals surface area contributed by atoms with Crippen LogP contribution in [0, 0.1) is 11.8 Å². The van der Waals surface area contributed by atoms with Gasteiger partial charge in [-0.2, -0.15) is 13.2 Å². The average Bonchev–Trinajstić information content (AvgIpc) is 2.76. The van der Waals surface area contributed by atoms with Gasteiger partial charge < -0.3 is 10.2 Å². The number of halogens is 4. The predicted molar refractivity (Wildman–Crippen MR) is 89.3 cm³/mol. The first-order valence-electron chi connectivity index (χ1n) is 8.13. The number of rotatable bonds is 1. The highest BCUT2D eigenvalue weighted by atomic mass is 35.5. The molecule has 1 fully saturated rings. The Morgan fingerprint density at radius 2 is 1.96 bits per heavy atom. The second-order valence-corrected chi connectivity index (χ2v) is 6.40. The topological polar surface area (TPSA) is 32.3 Å². The first kappa shape index (κ1) is 19.1. The SMILES string of the molecule is Cl.O=C(C1CCCC(C(F)(F)F)C1)N1CCNCc2ccccc21. The lowest BCUT2D eigenvalue weighted by Crippen LogP contribution is -2.42. The normalized spacial score (nSPS) is 24.5. The maximum atomic E-state index is 13.0. The third-order valence-corrected chi connectivity index (χ3v) is 4.86. The van der Waals surface area contributed by atoms with E-state index in [0.29, 0.717) is 32.5 Å². The van der Waals surface area contributed by atoms with Gasteiger partial charge in [0.25, 0.3) is 0 Å². The minimum atomic E-state index is -4.20. The minimum absolute atomic E-state index is 0. The second-order valence-electron chi connectivity index (χ2n) is 6.40. The van der Waals surface area contributed by atoms with Gasteiger partial charge in [0.1, 0.15) is 0 Å². The predicted octanol–water partition coefficient (Wildman–Crippen LogP) is 3.91. The molecular formula is C17H22ClF3N2O. The molecule has 1 aliphatic carbocycles. The van der Waals surface area contributed by atoms with Gasteiger partial charge in [0.2, 0.25) is 5.91 Å². The van der Waals surface area contributed by atoms with Gasteiger partial charge >= 0.3 is 6.18 Å². The highest BCUT2D eigenvalue weighted by molar-refractivity contribution is 5.96. The number of anilines is 1. The van der Waals surface area contributed by atoms with E-state index in [2.05, 4.69) is 5.32 Å². The fourth-order valence-corrected chi connectivity index (χ4v) is 3.62.